The minimum Gasteiger partial charge on any atom is -0.481 e. The summed E-state index contributed by atoms with van der Waals surface area (Å²) in [5.41, 5.74) is 2.97. The number of nitrogens with zero attached hydrogens (tertiary/aromatic N) is 3. The highest BCUT2D eigenvalue weighted by Crippen LogP contribution is 2.24. The maximum atomic E-state index is 13.6. The molecule has 0 saturated heterocycles. The summed E-state index contributed by atoms with van der Waals surface area (Å²) >= 11 is 0. The average Bonchev–Trinajstić information content (AvgIpc) is 2.97. The van der Waals surface area contributed by atoms with E-state index in [1.165, 1.54) is 20.1 Å². The fraction of sp³-hybridized carbons (Fsp3) is 0.316. The Balaban J connectivity index is 2.04. The van der Waals surface area contributed by atoms with E-state index in [0.29, 0.717) is 28.0 Å². The van der Waals surface area contributed by atoms with Crippen molar-refractivity contribution in [3.63, 3.8) is 0 Å². The Morgan fingerprint density at radius 2 is 2.11 bits per heavy atom. The van der Waals surface area contributed by atoms with E-state index in [2.05, 4.69) is 15.3 Å². The van der Waals surface area contributed by atoms with Crippen LogP contribution in [0.3, 0.4) is 0 Å². The lowest BCUT2D eigenvalue weighted by atomic mass is 10.2. The van der Waals surface area contributed by atoms with Crippen molar-refractivity contribution in [2.24, 2.45) is 0 Å². The number of alkyl halides is 1. The Hall–Kier alpha value is -3.03. The van der Waals surface area contributed by atoms with E-state index in [1.807, 2.05) is 13.0 Å². The molecule has 3 heterocycles. The zero-order valence-corrected chi connectivity index (χ0v) is 15.3. The summed E-state index contributed by atoms with van der Waals surface area (Å²) in [7, 11) is 1.46. The van der Waals surface area contributed by atoms with E-state index in [1.54, 1.807) is 17.0 Å². The fourth-order valence-electron chi connectivity index (χ4n) is 2.84. The van der Waals surface area contributed by atoms with Gasteiger partial charge in [-0.1, -0.05) is 0 Å². The van der Waals surface area contributed by atoms with Gasteiger partial charge >= 0.3 is 0 Å². The third-order valence-electron chi connectivity index (χ3n) is 4.07. The molecule has 142 valence electrons. The summed E-state index contributed by atoms with van der Waals surface area (Å²) in [5.74, 6) is -0.591. The van der Waals surface area contributed by atoms with Crippen LogP contribution in [0.5, 0.6) is 5.88 Å². The normalized spacial score (nSPS) is 12.2. The van der Waals surface area contributed by atoms with E-state index < -0.39 is 17.9 Å². The summed E-state index contributed by atoms with van der Waals surface area (Å²) < 4.78 is 33.7. The Kier molecular flexibility index (Phi) is 5.34. The number of aryl methyl sites for hydroxylation is 1. The molecule has 3 rings (SSSR count). The molecular weight excluding hydrogens is 354 g/mol. The third kappa shape index (κ3) is 4.05. The van der Waals surface area contributed by atoms with Crippen molar-refractivity contribution < 1.29 is 18.3 Å². The molecule has 0 spiro atoms. The molecule has 0 aliphatic heterocycles. The first-order valence-electron chi connectivity index (χ1n) is 8.45. The minimum atomic E-state index is -1.15. The molecule has 0 bridgehead atoms. The molecule has 0 aromatic carbocycles. The zero-order chi connectivity index (χ0) is 19.6. The second kappa shape index (κ2) is 7.69. The van der Waals surface area contributed by atoms with Crippen molar-refractivity contribution in [1.82, 2.24) is 19.9 Å². The number of rotatable bonds is 6. The van der Waals surface area contributed by atoms with Gasteiger partial charge in [0.2, 0.25) is 5.88 Å². The van der Waals surface area contributed by atoms with Crippen LogP contribution >= 0.6 is 0 Å². The molecular formula is C19H20F2N4O2. The van der Waals surface area contributed by atoms with Crippen LogP contribution in [-0.2, 0) is 6.54 Å². The number of hydrogen-bond donors (Lipinski definition) is 1. The maximum Gasteiger partial charge on any atom is 0.255 e. The SMILES string of the molecule is COc1ncc(F)cc1Cn1cc(C(=O)NC[C@@H](C)F)c2ncc(C)cc21. The summed E-state index contributed by atoms with van der Waals surface area (Å²) in [6.07, 6.45) is 3.21. The van der Waals surface area contributed by atoms with Gasteiger partial charge in [0, 0.05) is 24.5 Å². The fourth-order valence-corrected chi connectivity index (χ4v) is 2.84. The predicted molar refractivity (Wildman–Crippen MR) is 97.2 cm³/mol. The Bertz CT molecular complexity index is 985. The average molecular weight is 374 g/mol. The van der Waals surface area contributed by atoms with Crippen LogP contribution in [0.4, 0.5) is 8.78 Å². The van der Waals surface area contributed by atoms with Crippen molar-refractivity contribution in [2.75, 3.05) is 13.7 Å². The lowest BCUT2D eigenvalue weighted by Gasteiger charge is -2.09. The van der Waals surface area contributed by atoms with Gasteiger partial charge in [0.15, 0.2) is 0 Å². The summed E-state index contributed by atoms with van der Waals surface area (Å²) in [4.78, 5) is 20.8. The van der Waals surface area contributed by atoms with Gasteiger partial charge in [0.05, 0.1) is 30.9 Å². The molecule has 3 aromatic heterocycles. The molecule has 27 heavy (non-hydrogen) atoms. The van der Waals surface area contributed by atoms with E-state index in [4.69, 9.17) is 4.74 Å². The predicted octanol–water partition coefficient (Wildman–Crippen LogP) is 3.02. The molecule has 1 N–H and O–H groups in total. The number of ether oxygens (including phenoxy) is 1. The quantitative estimate of drug-likeness (QED) is 0.720. The van der Waals surface area contributed by atoms with Crippen molar-refractivity contribution in [3.05, 3.63) is 53.2 Å². The first-order valence-corrected chi connectivity index (χ1v) is 8.45. The highest BCUT2D eigenvalue weighted by Gasteiger charge is 2.18. The number of pyridine rings is 2. The Labute approximate surface area is 155 Å². The highest BCUT2D eigenvalue weighted by molar-refractivity contribution is 6.05. The smallest absolute Gasteiger partial charge is 0.255 e. The number of halogens is 2. The van der Waals surface area contributed by atoms with Crippen LogP contribution in [-0.4, -0.2) is 40.3 Å². The largest absolute Gasteiger partial charge is 0.481 e. The molecule has 0 unspecified atom stereocenters. The Morgan fingerprint density at radius 3 is 2.81 bits per heavy atom. The van der Waals surface area contributed by atoms with Crippen LogP contribution in [0.15, 0.2) is 30.7 Å². The van der Waals surface area contributed by atoms with Gasteiger partial charge in [-0.25, -0.2) is 13.8 Å². The van der Waals surface area contributed by atoms with E-state index in [-0.39, 0.29) is 13.1 Å². The van der Waals surface area contributed by atoms with Gasteiger partial charge in [0.25, 0.3) is 5.91 Å². The second-order valence-electron chi connectivity index (χ2n) is 6.36. The molecule has 0 aliphatic rings. The standard InChI is InChI=1S/C19H20F2N4O2/c1-11-4-16-17(22-6-11)15(18(26)23-7-12(2)20)10-25(16)9-13-5-14(21)8-24-19(13)27-3/h4-6,8,10,12H,7,9H2,1-3H3,(H,23,26)/t12-/m1/s1. The molecule has 0 saturated carbocycles. The van der Waals surface area contributed by atoms with Gasteiger partial charge in [-0.3, -0.25) is 9.78 Å². The van der Waals surface area contributed by atoms with Crippen molar-refractivity contribution >= 4 is 16.9 Å². The van der Waals surface area contributed by atoms with Gasteiger partial charge in [0.1, 0.15) is 17.5 Å². The first kappa shape index (κ1) is 18.8. The minimum absolute atomic E-state index is 0.0843. The maximum absolute atomic E-state index is 13.6. The second-order valence-corrected chi connectivity index (χ2v) is 6.36. The van der Waals surface area contributed by atoms with Gasteiger partial charge in [-0.2, -0.15) is 0 Å². The monoisotopic (exact) mass is 374 g/mol. The van der Waals surface area contributed by atoms with Gasteiger partial charge in [-0.15, -0.1) is 0 Å². The Morgan fingerprint density at radius 1 is 1.33 bits per heavy atom. The molecule has 6 nitrogen and oxygen atoms in total. The highest BCUT2D eigenvalue weighted by atomic mass is 19.1. The number of carbonyl (C=O) groups is 1. The number of carbonyl (C=O) groups excluding carboxylic acids is 1. The zero-order valence-electron chi connectivity index (χ0n) is 15.3. The summed E-state index contributed by atoms with van der Waals surface area (Å²) in [6, 6.07) is 3.22. The van der Waals surface area contributed by atoms with Gasteiger partial charge < -0.3 is 14.6 Å². The molecule has 3 aromatic rings. The van der Waals surface area contributed by atoms with Crippen LogP contribution in [0.1, 0.15) is 28.4 Å². The number of amides is 1. The van der Waals surface area contributed by atoms with E-state index >= 15 is 0 Å². The summed E-state index contributed by atoms with van der Waals surface area (Å²) in [6.45, 7) is 3.41. The van der Waals surface area contributed by atoms with Crippen molar-refractivity contribution in [2.45, 2.75) is 26.6 Å². The third-order valence-corrected chi connectivity index (χ3v) is 4.07. The number of fused-ring (bicyclic) bond motifs is 1. The van der Waals surface area contributed by atoms with Crippen LogP contribution in [0, 0.1) is 12.7 Å². The van der Waals surface area contributed by atoms with Crippen LogP contribution in [0.25, 0.3) is 11.0 Å². The van der Waals surface area contributed by atoms with E-state index in [0.717, 1.165) is 11.8 Å². The van der Waals surface area contributed by atoms with Crippen molar-refractivity contribution in [3.8, 4) is 5.88 Å². The molecule has 1 amide bonds. The molecule has 0 fully saturated rings. The molecule has 0 radical (unpaired) electrons. The molecule has 0 aliphatic carbocycles. The molecule has 8 heteroatoms. The number of nitrogens with one attached hydrogen (secondary N) is 1. The first-order chi connectivity index (χ1) is 12.9. The number of hydrogen-bond acceptors (Lipinski definition) is 4. The van der Waals surface area contributed by atoms with Gasteiger partial charge in [-0.05, 0) is 31.5 Å². The van der Waals surface area contributed by atoms with E-state index in [9.17, 15) is 13.6 Å². The van der Waals surface area contributed by atoms with Crippen LogP contribution < -0.4 is 10.1 Å². The number of aromatic nitrogens is 3. The number of methoxy groups -OCH3 is 1. The topological polar surface area (TPSA) is 69.0 Å². The molecule has 1 atom stereocenters. The van der Waals surface area contributed by atoms with Crippen LogP contribution in [0.2, 0.25) is 0 Å². The lowest BCUT2D eigenvalue weighted by molar-refractivity contribution is 0.0945. The van der Waals surface area contributed by atoms with Crippen molar-refractivity contribution in [1.29, 1.82) is 0 Å². The lowest BCUT2D eigenvalue weighted by Crippen LogP contribution is -2.28. The summed E-state index contributed by atoms with van der Waals surface area (Å²) in [5, 5.41) is 2.55.